The van der Waals surface area contributed by atoms with Crippen LogP contribution in [0, 0.1) is 0 Å². The molecule has 5 nitrogen and oxygen atoms in total. The first-order valence-electron chi connectivity index (χ1n) is 4.03. The lowest BCUT2D eigenvalue weighted by atomic mass is 10.1. The van der Waals surface area contributed by atoms with E-state index < -0.39 is 10.0 Å². The summed E-state index contributed by atoms with van der Waals surface area (Å²) in [4.78, 5) is 0.0466. The summed E-state index contributed by atoms with van der Waals surface area (Å²) >= 11 is 0. The molecule has 0 amide bonds. The van der Waals surface area contributed by atoms with Crippen molar-refractivity contribution in [2.45, 2.75) is 10.9 Å². The molecule has 0 saturated carbocycles. The van der Waals surface area contributed by atoms with Gasteiger partial charge in [-0.1, -0.05) is 6.07 Å². The van der Waals surface area contributed by atoms with Crippen LogP contribution in [0.2, 0.25) is 0 Å². The van der Waals surface area contributed by atoms with Gasteiger partial charge in [-0.25, -0.2) is 13.6 Å². The Morgan fingerprint density at radius 2 is 2.14 bits per heavy atom. The third kappa shape index (κ3) is 1.47. The molecule has 6 heteroatoms. The van der Waals surface area contributed by atoms with Crippen LogP contribution in [-0.4, -0.2) is 15.0 Å². The third-order valence-corrected chi connectivity index (χ3v) is 3.04. The van der Waals surface area contributed by atoms with Crippen LogP contribution in [0.3, 0.4) is 0 Å². The number of hydrogen-bond donors (Lipinski definition) is 2. The van der Waals surface area contributed by atoms with E-state index in [1.54, 1.807) is 6.07 Å². The van der Waals surface area contributed by atoms with E-state index in [0.717, 1.165) is 5.56 Å². The fourth-order valence-electron chi connectivity index (χ4n) is 1.39. The van der Waals surface area contributed by atoms with Crippen molar-refractivity contribution in [2.24, 2.45) is 10.9 Å². The average molecular weight is 214 g/mol. The minimum absolute atomic E-state index is 0.0466. The van der Waals surface area contributed by atoms with E-state index in [1.807, 2.05) is 0 Å². The van der Waals surface area contributed by atoms with Crippen molar-refractivity contribution in [3.63, 3.8) is 0 Å². The minimum atomic E-state index is -3.66. The van der Waals surface area contributed by atoms with Crippen molar-refractivity contribution in [2.75, 3.05) is 6.61 Å². The SMILES string of the molecule is N[C@H]1COc2cc(S(N)(=O)=O)ccc21. The van der Waals surface area contributed by atoms with Crippen molar-refractivity contribution in [1.82, 2.24) is 0 Å². The Balaban J connectivity index is 2.53. The Morgan fingerprint density at radius 1 is 1.43 bits per heavy atom. The molecule has 0 aliphatic carbocycles. The predicted molar refractivity (Wildman–Crippen MR) is 50.2 cm³/mol. The van der Waals surface area contributed by atoms with Crippen LogP contribution < -0.4 is 15.6 Å². The number of fused-ring (bicyclic) bond motifs is 1. The molecule has 0 radical (unpaired) electrons. The topological polar surface area (TPSA) is 95.4 Å². The van der Waals surface area contributed by atoms with E-state index >= 15 is 0 Å². The van der Waals surface area contributed by atoms with Crippen molar-refractivity contribution in [3.8, 4) is 5.75 Å². The van der Waals surface area contributed by atoms with E-state index in [4.69, 9.17) is 15.6 Å². The molecule has 0 unspecified atom stereocenters. The highest BCUT2D eigenvalue weighted by molar-refractivity contribution is 7.89. The Labute approximate surface area is 81.7 Å². The van der Waals surface area contributed by atoms with Crippen LogP contribution in [-0.2, 0) is 10.0 Å². The second kappa shape index (κ2) is 2.94. The van der Waals surface area contributed by atoms with E-state index in [9.17, 15) is 8.42 Å². The summed E-state index contributed by atoms with van der Waals surface area (Å²) in [5, 5.41) is 4.97. The summed E-state index contributed by atoms with van der Waals surface area (Å²) < 4.78 is 27.2. The highest BCUT2D eigenvalue weighted by atomic mass is 32.2. The third-order valence-electron chi connectivity index (χ3n) is 2.13. The van der Waals surface area contributed by atoms with Crippen molar-refractivity contribution in [3.05, 3.63) is 23.8 Å². The zero-order valence-electron chi connectivity index (χ0n) is 7.30. The van der Waals surface area contributed by atoms with Gasteiger partial charge in [0.05, 0.1) is 10.9 Å². The van der Waals surface area contributed by atoms with Crippen LogP contribution >= 0.6 is 0 Å². The van der Waals surface area contributed by atoms with E-state index in [1.165, 1.54) is 12.1 Å². The molecule has 1 aliphatic heterocycles. The summed E-state index contributed by atoms with van der Waals surface area (Å²) in [7, 11) is -3.66. The van der Waals surface area contributed by atoms with E-state index in [0.29, 0.717) is 12.4 Å². The molecule has 0 saturated heterocycles. The number of rotatable bonds is 1. The number of sulfonamides is 1. The van der Waals surface area contributed by atoms with Gasteiger partial charge >= 0.3 is 0 Å². The molecule has 76 valence electrons. The summed E-state index contributed by atoms with van der Waals surface area (Å²) in [6.45, 7) is 0.378. The zero-order chi connectivity index (χ0) is 10.3. The first-order chi connectivity index (χ1) is 6.48. The molecular weight excluding hydrogens is 204 g/mol. The highest BCUT2D eigenvalue weighted by Crippen LogP contribution is 2.32. The van der Waals surface area contributed by atoms with Gasteiger partial charge in [-0.05, 0) is 6.07 Å². The number of ether oxygens (including phenoxy) is 1. The van der Waals surface area contributed by atoms with Gasteiger partial charge in [-0.2, -0.15) is 0 Å². The lowest BCUT2D eigenvalue weighted by molar-refractivity contribution is 0.332. The second-order valence-corrected chi connectivity index (χ2v) is 4.72. The number of primary sulfonamides is 1. The van der Waals surface area contributed by atoms with Crippen LogP contribution in [0.25, 0.3) is 0 Å². The normalized spacial score (nSPS) is 20.3. The molecule has 0 aromatic heterocycles. The van der Waals surface area contributed by atoms with Gasteiger partial charge in [0.15, 0.2) is 0 Å². The van der Waals surface area contributed by atoms with Crippen molar-refractivity contribution >= 4 is 10.0 Å². The summed E-state index contributed by atoms with van der Waals surface area (Å²) in [6.07, 6.45) is 0. The first kappa shape index (κ1) is 9.45. The molecule has 1 aromatic carbocycles. The maximum atomic E-state index is 11.0. The van der Waals surface area contributed by atoms with Gasteiger partial charge in [0.1, 0.15) is 12.4 Å². The summed E-state index contributed by atoms with van der Waals surface area (Å²) in [5.74, 6) is 0.504. The molecule has 2 rings (SSSR count). The molecule has 1 atom stereocenters. The highest BCUT2D eigenvalue weighted by Gasteiger charge is 2.22. The molecule has 14 heavy (non-hydrogen) atoms. The van der Waals surface area contributed by atoms with E-state index in [2.05, 4.69) is 0 Å². The quantitative estimate of drug-likeness (QED) is 0.672. The smallest absolute Gasteiger partial charge is 0.238 e. The van der Waals surface area contributed by atoms with Gasteiger partial charge in [0.25, 0.3) is 0 Å². The number of nitrogens with two attached hydrogens (primary N) is 2. The molecule has 0 bridgehead atoms. The second-order valence-electron chi connectivity index (χ2n) is 3.16. The summed E-state index contributed by atoms with van der Waals surface area (Å²) in [6, 6.07) is 4.28. The fraction of sp³-hybridized carbons (Fsp3) is 0.250. The standard InChI is InChI=1S/C8H10N2O3S/c9-7-4-13-8-3-5(14(10,11)12)1-2-6(7)8/h1-3,7H,4,9H2,(H2,10,11,12)/t7-/m0/s1. The first-order valence-corrected chi connectivity index (χ1v) is 5.58. The van der Waals surface area contributed by atoms with Gasteiger partial charge in [0, 0.05) is 11.6 Å². The lowest BCUT2D eigenvalue weighted by Gasteiger charge is -2.02. The van der Waals surface area contributed by atoms with Crippen LogP contribution in [0.15, 0.2) is 23.1 Å². The molecule has 0 fully saturated rings. The Kier molecular flexibility index (Phi) is 1.99. The van der Waals surface area contributed by atoms with Crippen LogP contribution in [0.1, 0.15) is 11.6 Å². The largest absolute Gasteiger partial charge is 0.491 e. The van der Waals surface area contributed by atoms with Gasteiger partial charge < -0.3 is 10.5 Å². The Morgan fingerprint density at radius 3 is 2.79 bits per heavy atom. The molecule has 4 N–H and O–H groups in total. The molecule has 1 heterocycles. The Bertz CT molecular complexity index is 469. The summed E-state index contributed by atoms with van der Waals surface area (Å²) in [5.41, 5.74) is 6.52. The monoisotopic (exact) mass is 214 g/mol. The van der Waals surface area contributed by atoms with Crippen molar-refractivity contribution < 1.29 is 13.2 Å². The van der Waals surface area contributed by atoms with Crippen LogP contribution in [0.4, 0.5) is 0 Å². The van der Waals surface area contributed by atoms with Crippen LogP contribution in [0.5, 0.6) is 5.75 Å². The fourth-order valence-corrected chi connectivity index (χ4v) is 1.92. The maximum absolute atomic E-state index is 11.0. The molecule has 0 spiro atoms. The van der Waals surface area contributed by atoms with Crippen molar-refractivity contribution in [1.29, 1.82) is 0 Å². The molecule has 1 aliphatic rings. The lowest BCUT2D eigenvalue weighted by Crippen LogP contribution is -2.12. The predicted octanol–water partition coefficient (Wildman–Crippen LogP) is -0.274. The number of hydrogen-bond acceptors (Lipinski definition) is 4. The molecule has 1 aromatic rings. The van der Waals surface area contributed by atoms with Gasteiger partial charge in [-0.3, -0.25) is 0 Å². The van der Waals surface area contributed by atoms with Gasteiger partial charge in [0.2, 0.25) is 10.0 Å². The van der Waals surface area contributed by atoms with E-state index in [-0.39, 0.29) is 10.9 Å². The minimum Gasteiger partial charge on any atom is -0.491 e. The Hall–Kier alpha value is -1.11. The number of benzene rings is 1. The molecular formula is C8H10N2O3S. The average Bonchev–Trinajstić information content (AvgIpc) is 2.46. The van der Waals surface area contributed by atoms with Gasteiger partial charge in [-0.15, -0.1) is 0 Å². The maximum Gasteiger partial charge on any atom is 0.238 e. The zero-order valence-corrected chi connectivity index (χ0v) is 8.12.